The van der Waals surface area contributed by atoms with Crippen LogP contribution in [0.15, 0.2) is 30.3 Å². The number of hydrogen-bond acceptors (Lipinski definition) is 3. The van der Waals surface area contributed by atoms with Crippen molar-refractivity contribution in [1.29, 1.82) is 0 Å². The second kappa shape index (κ2) is 7.25. The minimum absolute atomic E-state index is 0.0155. The fraction of sp³-hybridized carbons (Fsp3) is 0.417. The molecular formula is C12H17O4P. The average Bonchev–Trinajstić information content (AvgIpc) is 2.29. The molecule has 1 aromatic carbocycles. The zero-order valence-electron chi connectivity index (χ0n) is 9.76. The third kappa shape index (κ3) is 5.16. The molecule has 0 saturated carbocycles. The third-order valence-electron chi connectivity index (χ3n) is 2.37. The molecule has 1 rings (SSSR count). The zero-order chi connectivity index (χ0) is 12.7. The summed E-state index contributed by atoms with van der Waals surface area (Å²) in [5.41, 5.74) is 0.966. The molecular weight excluding hydrogens is 239 g/mol. The van der Waals surface area contributed by atoms with E-state index in [0.29, 0.717) is 6.42 Å². The van der Waals surface area contributed by atoms with Gasteiger partial charge in [0.05, 0.1) is 12.5 Å². The first kappa shape index (κ1) is 13.9. The molecule has 0 fully saturated rings. The van der Waals surface area contributed by atoms with Crippen molar-refractivity contribution < 1.29 is 19.0 Å². The Labute approximate surface area is 101 Å². The highest BCUT2D eigenvalue weighted by Crippen LogP contribution is 2.22. The average molecular weight is 256 g/mol. The van der Waals surface area contributed by atoms with Crippen molar-refractivity contribution in [2.24, 2.45) is 5.92 Å². The highest BCUT2D eigenvalue weighted by Gasteiger charge is 2.22. The lowest BCUT2D eigenvalue weighted by Gasteiger charge is -2.13. The Morgan fingerprint density at radius 3 is 2.59 bits per heavy atom. The van der Waals surface area contributed by atoms with Gasteiger partial charge in [-0.3, -0.25) is 9.36 Å². The summed E-state index contributed by atoms with van der Waals surface area (Å²) in [6, 6.07) is 9.42. The molecule has 0 radical (unpaired) electrons. The summed E-state index contributed by atoms with van der Waals surface area (Å²) in [6.45, 7) is 2.01. The van der Waals surface area contributed by atoms with Gasteiger partial charge in [0.15, 0.2) is 8.03 Å². The van der Waals surface area contributed by atoms with Crippen LogP contribution in [0.5, 0.6) is 0 Å². The molecule has 0 aliphatic heterocycles. The predicted octanol–water partition coefficient (Wildman–Crippen LogP) is 1.88. The van der Waals surface area contributed by atoms with Gasteiger partial charge in [0.2, 0.25) is 0 Å². The maximum atomic E-state index is 11.6. The minimum Gasteiger partial charge on any atom is -0.466 e. The van der Waals surface area contributed by atoms with Crippen LogP contribution < -0.4 is 0 Å². The maximum absolute atomic E-state index is 11.6. The van der Waals surface area contributed by atoms with Crippen molar-refractivity contribution in [3.63, 3.8) is 0 Å². The van der Waals surface area contributed by atoms with E-state index in [9.17, 15) is 9.36 Å². The molecule has 0 aliphatic carbocycles. The lowest BCUT2D eigenvalue weighted by atomic mass is 10.0. The largest absolute Gasteiger partial charge is 0.466 e. The summed E-state index contributed by atoms with van der Waals surface area (Å²) >= 11 is 0. The minimum atomic E-state index is -2.67. The maximum Gasteiger partial charge on any atom is 0.309 e. The second-order valence-corrected chi connectivity index (χ2v) is 4.93. The first-order valence-electron chi connectivity index (χ1n) is 5.55. The van der Waals surface area contributed by atoms with E-state index in [4.69, 9.17) is 9.63 Å². The number of esters is 1. The highest BCUT2D eigenvalue weighted by molar-refractivity contribution is 7.38. The number of carbonyl (C=O) groups is 1. The Kier molecular flexibility index (Phi) is 5.95. The standard InChI is InChI=1S/C12H17O4P/c1-2-16-12(13)11(9-17(14)15)8-10-6-4-3-5-7-10/h3-7,11,17H,2,8-9H2,1H3,(H,14,15). The van der Waals surface area contributed by atoms with Crippen molar-refractivity contribution in [2.45, 2.75) is 13.3 Å². The van der Waals surface area contributed by atoms with Gasteiger partial charge in [0.1, 0.15) is 0 Å². The molecule has 0 heterocycles. The molecule has 0 bridgehead atoms. The molecule has 0 saturated heterocycles. The third-order valence-corrected chi connectivity index (χ3v) is 3.21. The van der Waals surface area contributed by atoms with Gasteiger partial charge in [-0.05, 0) is 18.9 Å². The number of benzene rings is 1. The fourth-order valence-corrected chi connectivity index (χ4v) is 2.34. The monoisotopic (exact) mass is 256 g/mol. The quantitative estimate of drug-likeness (QED) is 0.623. The van der Waals surface area contributed by atoms with Gasteiger partial charge in [-0.15, -0.1) is 0 Å². The summed E-state index contributed by atoms with van der Waals surface area (Å²) in [6.07, 6.45) is 0.426. The van der Waals surface area contributed by atoms with Gasteiger partial charge in [-0.2, -0.15) is 0 Å². The summed E-state index contributed by atoms with van der Waals surface area (Å²) in [7, 11) is -2.67. The van der Waals surface area contributed by atoms with Crippen molar-refractivity contribution in [1.82, 2.24) is 0 Å². The number of carbonyl (C=O) groups excluding carboxylic acids is 1. The fourth-order valence-electron chi connectivity index (χ4n) is 1.61. The Balaban J connectivity index is 2.70. The van der Waals surface area contributed by atoms with Crippen LogP contribution in [0.2, 0.25) is 0 Å². The lowest BCUT2D eigenvalue weighted by Crippen LogP contribution is -2.22. The van der Waals surface area contributed by atoms with Gasteiger partial charge in [0, 0.05) is 6.16 Å². The normalized spacial score (nSPS) is 14.0. The summed E-state index contributed by atoms with van der Waals surface area (Å²) < 4.78 is 15.8. The SMILES string of the molecule is CCOC(=O)C(Cc1ccccc1)C[PH](=O)O. The molecule has 17 heavy (non-hydrogen) atoms. The molecule has 2 unspecified atom stereocenters. The van der Waals surface area contributed by atoms with E-state index in [1.165, 1.54) is 0 Å². The molecule has 0 aliphatic rings. The molecule has 5 heteroatoms. The topological polar surface area (TPSA) is 63.6 Å². The Morgan fingerprint density at radius 2 is 2.06 bits per heavy atom. The zero-order valence-corrected chi connectivity index (χ0v) is 10.8. The van der Waals surface area contributed by atoms with Crippen LogP contribution in [0.4, 0.5) is 0 Å². The van der Waals surface area contributed by atoms with E-state index < -0.39 is 19.9 Å². The van der Waals surface area contributed by atoms with E-state index in [2.05, 4.69) is 0 Å². The Hall–Kier alpha value is -1.12. The van der Waals surface area contributed by atoms with E-state index in [1.807, 2.05) is 30.3 Å². The van der Waals surface area contributed by atoms with E-state index in [0.717, 1.165) is 5.56 Å². The van der Waals surface area contributed by atoms with E-state index >= 15 is 0 Å². The smallest absolute Gasteiger partial charge is 0.309 e. The number of ether oxygens (including phenoxy) is 1. The highest BCUT2D eigenvalue weighted by atomic mass is 31.1. The molecule has 1 aromatic rings. The summed E-state index contributed by atoms with van der Waals surface area (Å²) in [4.78, 5) is 20.6. The lowest BCUT2D eigenvalue weighted by molar-refractivity contribution is -0.147. The van der Waals surface area contributed by atoms with E-state index in [1.54, 1.807) is 6.92 Å². The summed E-state index contributed by atoms with van der Waals surface area (Å²) in [5, 5.41) is 0. The Bertz CT molecular complexity index is 377. The number of hydrogen-bond donors (Lipinski definition) is 1. The molecule has 0 amide bonds. The van der Waals surface area contributed by atoms with Gasteiger partial charge in [0.25, 0.3) is 0 Å². The van der Waals surface area contributed by atoms with Gasteiger partial charge in [-0.25, -0.2) is 0 Å². The van der Waals surface area contributed by atoms with Crippen LogP contribution in [0.25, 0.3) is 0 Å². The van der Waals surface area contributed by atoms with Gasteiger partial charge < -0.3 is 9.63 Å². The predicted molar refractivity (Wildman–Crippen MR) is 66.4 cm³/mol. The van der Waals surface area contributed by atoms with Crippen LogP contribution in [0.1, 0.15) is 12.5 Å². The van der Waals surface area contributed by atoms with Gasteiger partial charge >= 0.3 is 5.97 Å². The van der Waals surface area contributed by atoms with Crippen LogP contribution in [0.3, 0.4) is 0 Å². The van der Waals surface area contributed by atoms with Crippen LogP contribution >= 0.6 is 8.03 Å². The first-order chi connectivity index (χ1) is 8.13. The van der Waals surface area contributed by atoms with Crippen LogP contribution in [-0.2, 0) is 20.5 Å². The van der Waals surface area contributed by atoms with Crippen LogP contribution in [-0.4, -0.2) is 23.6 Å². The van der Waals surface area contributed by atoms with Crippen molar-refractivity contribution in [3.05, 3.63) is 35.9 Å². The second-order valence-electron chi connectivity index (χ2n) is 3.74. The van der Waals surface area contributed by atoms with Crippen molar-refractivity contribution in [3.8, 4) is 0 Å². The Morgan fingerprint density at radius 1 is 1.41 bits per heavy atom. The molecule has 1 N–H and O–H groups in total. The molecule has 2 atom stereocenters. The molecule has 94 valence electrons. The van der Waals surface area contributed by atoms with Crippen LogP contribution in [0, 0.1) is 5.92 Å². The summed E-state index contributed by atoms with van der Waals surface area (Å²) in [5.74, 6) is -0.933. The van der Waals surface area contributed by atoms with Crippen molar-refractivity contribution in [2.75, 3.05) is 12.8 Å². The molecule has 0 spiro atoms. The van der Waals surface area contributed by atoms with E-state index in [-0.39, 0.29) is 12.8 Å². The first-order valence-corrected chi connectivity index (χ1v) is 7.12. The molecule has 0 aromatic heterocycles. The molecule has 4 nitrogen and oxygen atoms in total. The van der Waals surface area contributed by atoms with Crippen molar-refractivity contribution >= 4 is 14.0 Å². The van der Waals surface area contributed by atoms with Gasteiger partial charge in [-0.1, -0.05) is 30.3 Å². The number of rotatable bonds is 6.